The molecule has 0 aromatic heterocycles. The van der Waals surface area contributed by atoms with E-state index in [9.17, 15) is 43.2 Å². The van der Waals surface area contributed by atoms with Gasteiger partial charge in [0.25, 0.3) is 0 Å². The van der Waals surface area contributed by atoms with Gasteiger partial charge >= 0.3 is 39.5 Å². The molecule has 5 atom stereocenters. The topological polar surface area (TPSA) is 237 Å². The zero-order chi connectivity index (χ0) is 69.0. The molecular formula is C75H138O17P2. The van der Waals surface area contributed by atoms with Crippen LogP contribution in [0.4, 0.5) is 0 Å². The Balaban J connectivity index is 5.25. The minimum absolute atomic E-state index is 0.0985. The Bertz CT molecular complexity index is 1980. The summed E-state index contributed by atoms with van der Waals surface area (Å²) in [6.45, 7) is 4.84. The maximum absolute atomic E-state index is 13.0. The average molecular weight is 1370 g/mol. The van der Waals surface area contributed by atoms with Crippen molar-refractivity contribution in [3.63, 3.8) is 0 Å². The summed E-state index contributed by atoms with van der Waals surface area (Å²) in [7, 11) is -9.92. The van der Waals surface area contributed by atoms with E-state index < -0.39 is 97.5 Å². The van der Waals surface area contributed by atoms with E-state index in [0.29, 0.717) is 25.7 Å². The first kappa shape index (κ1) is 91.0. The summed E-state index contributed by atoms with van der Waals surface area (Å²) in [6, 6.07) is 0. The number of aliphatic hydroxyl groups is 1. The predicted octanol–water partition coefficient (Wildman–Crippen LogP) is 21.3. The fourth-order valence-electron chi connectivity index (χ4n) is 10.5. The van der Waals surface area contributed by atoms with Gasteiger partial charge in [-0.1, -0.05) is 282 Å². The first-order chi connectivity index (χ1) is 45.7. The number of aliphatic hydroxyl groups excluding tert-OH is 1. The number of unbranched alkanes of at least 4 members (excludes halogenated alkanes) is 38. The number of carbonyl (C=O) groups is 4. The number of carbonyl (C=O) groups excluding carboxylic acids is 4. The zero-order valence-electron chi connectivity index (χ0n) is 59.9. The second-order valence-corrected chi connectivity index (χ2v) is 28.5. The fraction of sp³-hybridized carbons (Fsp3) is 0.840. The van der Waals surface area contributed by atoms with Crippen LogP contribution in [0.5, 0.6) is 0 Å². The highest BCUT2D eigenvalue weighted by Gasteiger charge is 2.30. The summed E-state index contributed by atoms with van der Waals surface area (Å²) in [5, 5.41) is 10.6. The first-order valence-corrected chi connectivity index (χ1v) is 40.9. The van der Waals surface area contributed by atoms with Gasteiger partial charge in [-0.25, -0.2) is 9.13 Å². The van der Waals surface area contributed by atoms with E-state index in [1.54, 1.807) is 0 Å². The standard InChI is InChI=1S/C75H138O17P2/c1-5-9-13-17-21-25-29-31-32-33-34-35-36-38-42-44-48-52-56-60-73(78)86-66-71(92-75(80)62-58-54-50-46-40-28-24-20-16-12-8-4)68-90-94(83,84)88-64-69(76)63-87-93(81,82)89-67-70(91-74(79)61-57-53-49-45-39-27-23-19-15-11-7-3)65-85-72(77)59-55-51-47-43-41-37-30-26-22-18-14-10-6-2/h21,25-26,30-32,34-35,69-71,76H,5-20,22-24,27-29,33,36-68H2,1-4H3,(H,81,82)(H,83,84)/b25-21-,30-26-,32-31-,35-34-. The van der Waals surface area contributed by atoms with Crippen LogP contribution in [-0.4, -0.2) is 96.7 Å². The molecular weight excluding hydrogens is 1230 g/mol. The molecule has 0 bridgehead atoms. The number of esters is 4. The van der Waals surface area contributed by atoms with Crippen molar-refractivity contribution in [3.8, 4) is 0 Å². The third-order valence-electron chi connectivity index (χ3n) is 16.3. The quantitative estimate of drug-likeness (QED) is 0.0169. The van der Waals surface area contributed by atoms with E-state index in [-0.39, 0.29) is 25.7 Å². The number of ether oxygens (including phenoxy) is 4. The molecule has 0 heterocycles. The fourth-order valence-corrected chi connectivity index (χ4v) is 12.0. The van der Waals surface area contributed by atoms with Gasteiger partial charge in [0, 0.05) is 25.7 Å². The normalized spacial score (nSPS) is 14.2. The van der Waals surface area contributed by atoms with Gasteiger partial charge in [0.15, 0.2) is 12.2 Å². The van der Waals surface area contributed by atoms with Gasteiger partial charge in [-0.2, -0.15) is 0 Å². The maximum atomic E-state index is 13.0. The average Bonchev–Trinajstić information content (AvgIpc) is 1.24. The van der Waals surface area contributed by atoms with Crippen LogP contribution in [0.15, 0.2) is 48.6 Å². The zero-order valence-corrected chi connectivity index (χ0v) is 61.7. The van der Waals surface area contributed by atoms with Crippen LogP contribution in [0, 0.1) is 0 Å². The summed E-state index contributed by atoms with van der Waals surface area (Å²) in [5.41, 5.74) is 0. The van der Waals surface area contributed by atoms with Crippen molar-refractivity contribution in [3.05, 3.63) is 48.6 Å². The Morgan fingerprint density at radius 3 is 0.840 bits per heavy atom. The van der Waals surface area contributed by atoms with Crippen LogP contribution < -0.4 is 0 Å². The highest BCUT2D eigenvalue weighted by molar-refractivity contribution is 7.47. The molecule has 0 spiro atoms. The summed E-state index contributed by atoms with van der Waals surface area (Å²) in [6.07, 6.45) is 63.9. The summed E-state index contributed by atoms with van der Waals surface area (Å²) >= 11 is 0. The molecule has 0 saturated carbocycles. The molecule has 19 heteroatoms. The van der Waals surface area contributed by atoms with E-state index in [2.05, 4.69) is 76.3 Å². The number of allylic oxidation sites excluding steroid dienone is 8. The molecule has 0 aliphatic heterocycles. The van der Waals surface area contributed by atoms with Crippen LogP contribution in [0.2, 0.25) is 0 Å². The summed E-state index contributed by atoms with van der Waals surface area (Å²) < 4.78 is 68.3. The lowest BCUT2D eigenvalue weighted by atomic mass is 10.1. The molecule has 0 aliphatic rings. The molecule has 0 aliphatic carbocycles. The molecule has 550 valence electrons. The smallest absolute Gasteiger partial charge is 0.462 e. The van der Waals surface area contributed by atoms with Gasteiger partial charge < -0.3 is 33.8 Å². The van der Waals surface area contributed by atoms with Crippen molar-refractivity contribution in [2.45, 2.75) is 367 Å². The predicted molar refractivity (Wildman–Crippen MR) is 381 cm³/mol. The van der Waals surface area contributed by atoms with Gasteiger partial charge in [0.1, 0.15) is 19.3 Å². The van der Waals surface area contributed by atoms with Crippen molar-refractivity contribution >= 4 is 39.5 Å². The van der Waals surface area contributed by atoms with Gasteiger partial charge in [-0.05, 0) is 89.9 Å². The number of hydrogen-bond donors (Lipinski definition) is 3. The van der Waals surface area contributed by atoms with E-state index in [0.717, 1.165) is 148 Å². The molecule has 0 rings (SSSR count). The highest BCUT2D eigenvalue weighted by Crippen LogP contribution is 2.45. The molecule has 0 aromatic rings. The lowest BCUT2D eigenvalue weighted by Crippen LogP contribution is -2.30. The Morgan fingerprint density at radius 2 is 0.521 bits per heavy atom. The molecule has 0 saturated heterocycles. The Labute approximate surface area is 572 Å². The Morgan fingerprint density at radius 1 is 0.298 bits per heavy atom. The highest BCUT2D eigenvalue weighted by atomic mass is 31.2. The van der Waals surface area contributed by atoms with Crippen LogP contribution in [0.1, 0.15) is 349 Å². The van der Waals surface area contributed by atoms with Crippen LogP contribution in [0.3, 0.4) is 0 Å². The van der Waals surface area contributed by atoms with E-state index >= 15 is 0 Å². The monoisotopic (exact) mass is 1370 g/mol. The number of phosphoric ester groups is 2. The molecule has 94 heavy (non-hydrogen) atoms. The van der Waals surface area contributed by atoms with Crippen molar-refractivity contribution in [2.24, 2.45) is 0 Å². The van der Waals surface area contributed by atoms with Gasteiger partial charge in [-0.3, -0.25) is 37.3 Å². The third-order valence-corrected chi connectivity index (χ3v) is 18.2. The van der Waals surface area contributed by atoms with Crippen LogP contribution in [0.25, 0.3) is 0 Å². The molecule has 5 unspecified atom stereocenters. The lowest BCUT2D eigenvalue weighted by Gasteiger charge is -2.21. The second-order valence-electron chi connectivity index (χ2n) is 25.6. The third kappa shape index (κ3) is 67.6. The maximum Gasteiger partial charge on any atom is 0.472 e. The molecule has 0 aromatic carbocycles. The van der Waals surface area contributed by atoms with Crippen molar-refractivity contribution in [2.75, 3.05) is 39.6 Å². The second kappa shape index (κ2) is 68.5. The molecule has 17 nitrogen and oxygen atoms in total. The number of rotatable bonds is 72. The number of phosphoric acid groups is 2. The number of hydrogen-bond acceptors (Lipinski definition) is 15. The molecule has 0 radical (unpaired) electrons. The van der Waals surface area contributed by atoms with Crippen LogP contribution >= 0.6 is 15.6 Å². The van der Waals surface area contributed by atoms with Gasteiger partial charge in [0.05, 0.1) is 26.4 Å². The van der Waals surface area contributed by atoms with Gasteiger partial charge in [0.2, 0.25) is 0 Å². The largest absolute Gasteiger partial charge is 0.472 e. The Hall–Kier alpha value is -2.98. The van der Waals surface area contributed by atoms with Crippen LogP contribution in [-0.2, 0) is 65.4 Å². The SMILES string of the molecule is CCCCC/C=C\C/C=C\C/C=C\CCCCCCCCC(=O)OCC(COP(=O)(O)OCC(O)COP(=O)(O)OCC(COC(=O)CCCCCCC/C=C\CCCCCC)OC(=O)CCCCCCCCCCCCC)OC(=O)CCCCCCCCCCCCC. The van der Waals surface area contributed by atoms with Crippen molar-refractivity contribution < 1.29 is 80.2 Å². The molecule has 3 N–H and O–H groups in total. The minimum Gasteiger partial charge on any atom is -0.462 e. The molecule has 0 amide bonds. The lowest BCUT2D eigenvalue weighted by molar-refractivity contribution is -0.161. The summed E-state index contributed by atoms with van der Waals surface area (Å²) in [5.74, 6) is -2.16. The first-order valence-electron chi connectivity index (χ1n) is 37.9. The summed E-state index contributed by atoms with van der Waals surface area (Å²) in [4.78, 5) is 72.7. The van der Waals surface area contributed by atoms with E-state index in [1.165, 1.54) is 122 Å². The van der Waals surface area contributed by atoms with Gasteiger partial charge in [-0.15, -0.1) is 0 Å². The Kier molecular flexibility index (Phi) is 66.4. The minimum atomic E-state index is -4.96. The molecule has 0 fully saturated rings. The van der Waals surface area contributed by atoms with E-state index in [4.69, 9.17) is 37.0 Å². The van der Waals surface area contributed by atoms with Crippen molar-refractivity contribution in [1.29, 1.82) is 0 Å². The van der Waals surface area contributed by atoms with E-state index in [1.807, 2.05) is 0 Å². The van der Waals surface area contributed by atoms with Crippen molar-refractivity contribution in [1.82, 2.24) is 0 Å².